The number of nitrogens with two attached hydrogens (primary N) is 1. The number of amides is 3. The van der Waals surface area contributed by atoms with Crippen LogP contribution in [0.25, 0.3) is 0 Å². The third kappa shape index (κ3) is 4.29. The zero-order valence-electron chi connectivity index (χ0n) is 13.3. The lowest BCUT2D eigenvalue weighted by atomic mass is 10.1. The summed E-state index contributed by atoms with van der Waals surface area (Å²) in [5.41, 5.74) is 5.99. The van der Waals surface area contributed by atoms with Gasteiger partial charge in [-0.15, -0.1) is 0 Å². The Morgan fingerprint density at radius 2 is 1.60 bits per heavy atom. The predicted octanol–water partition coefficient (Wildman–Crippen LogP) is 3.21. The summed E-state index contributed by atoms with van der Waals surface area (Å²) in [5.74, 6) is 1.10. The molecule has 3 aromatic rings. The Balaban J connectivity index is 1.83. The van der Waals surface area contributed by atoms with Crippen molar-refractivity contribution in [2.75, 3.05) is 5.32 Å². The van der Waals surface area contributed by atoms with E-state index in [0.717, 1.165) is 0 Å². The van der Waals surface area contributed by atoms with Gasteiger partial charge in [0, 0.05) is 11.3 Å². The van der Waals surface area contributed by atoms with Crippen molar-refractivity contribution < 1.29 is 18.4 Å². The molecule has 3 rings (SSSR count). The van der Waals surface area contributed by atoms with Crippen LogP contribution in [0.1, 0.15) is 21.9 Å². The summed E-state index contributed by atoms with van der Waals surface area (Å²) in [7, 11) is 0. The minimum Gasteiger partial charge on any atom is -0.467 e. The maximum atomic E-state index is 12.9. The Kier molecular flexibility index (Phi) is 4.84. The maximum Gasteiger partial charge on any atom is 0.316 e. The number of urea groups is 1. The minimum atomic E-state index is -0.687. The van der Waals surface area contributed by atoms with Gasteiger partial charge in [-0.05, 0) is 42.5 Å². The monoisotopic (exact) mass is 339 g/mol. The van der Waals surface area contributed by atoms with Gasteiger partial charge in [0.05, 0.1) is 25.6 Å². The summed E-state index contributed by atoms with van der Waals surface area (Å²) >= 11 is 0. The lowest BCUT2D eigenvalue weighted by molar-refractivity contribution is 0.0705. The average molecular weight is 339 g/mol. The van der Waals surface area contributed by atoms with Crippen molar-refractivity contribution in [3.63, 3.8) is 0 Å². The Bertz CT molecular complexity index is 805. The summed E-state index contributed by atoms with van der Waals surface area (Å²) in [6, 6.07) is 13.0. The topological polar surface area (TPSA) is 102 Å². The molecule has 0 fully saturated rings. The van der Waals surface area contributed by atoms with Gasteiger partial charge in [-0.2, -0.15) is 0 Å². The van der Waals surface area contributed by atoms with Crippen molar-refractivity contribution >= 4 is 17.6 Å². The number of benzene rings is 1. The summed E-state index contributed by atoms with van der Waals surface area (Å²) < 4.78 is 10.7. The highest BCUT2D eigenvalue weighted by atomic mass is 16.3. The van der Waals surface area contributed by atoms with E-state index in [1.165, 1.54) is 0 Å². The van der Waals surface area contributed by atoms with Crippen LogP contribution in [0.3, 0.4) is 0 Å². The first-order chi connectivity index (χ1) is 12.1. The molecule has 0 aliphatic rings. The number of furan rings is 2. The number of carbonyl (C=O) groups is 2. The van der Waals surface area contributed by atoms with Crippen LogP contribution in [0.4, 0.5) is 10.5 Å². The lowest BCUT2D eigenvalue weighted by Crippen LogP contribution is -2.30. The third-order valence-corrected chi connectivity index (χ3v) is 3.52. The van der Waals surface area contributed by atoms with Crippen LogP contribution in [0.5, 0.6) is 0 Å². The molecule has 0 spiro atoms. The Labute approximate surface area is 144 Å². The van der Waals surface area contributed by atoms with E-state index >= 15 is 0 Å². The molecule has 1 aromatic carbocycles. The van der Waals surface area contributed by atoms with Crippen molar-refractivity contribution in [2.24, 2.45) is 5.73 Å². The van der Waals surface area contributed by atoms with Crippen molar-refractivity contribution in [3.05, 3.63) is 78.1 Å². The summed E-state index contributed by atoms with van der Waals surface area (Å²) in [6.45, 7) is 0.583. The highest BCUT2D eigenvalue weighted by Crippen LogP contribution is 2.17. The van der Waals surface area contributed by atoms with Gasteiger partial charge in [0.2, 0.25) is 0 Å². The molecule has 0 saturated carbocycles. The first-order valence-electron chi connectivity index (χ1n) is 7.62. The van der Waals surface area contributed by atoms with Crippen molar-refractivity contribution in [1.29, 1.82) is 0 Å². The van der Waals surface area contributed by atoms with Gasteiger partial charge in [-0.1, -0.05) is 6.07 Å². The van der Waals surface area contributed by atoms with Crippen LogP contribution in [-0.2, 0) is 13.1 Å². The number of nitrogens with zero attached hydrogens (tertiary/aromatic N) is 1. The molecule has 0 aliphatic carbocycles. The first kappa shape index (κ1) is 16.4. The molecule has 0 aliphatic heterocycles. The van der Waals surface area contributed by atoms with Gasteiger partial charge in [-0.3, -0.25) is 4.79 Å². The molecule has 128 valence electrons. The number of rotatable bonds is 6. The SMILES string of the molecule is NC(=O)Nc1cccc(C(=O)N(Cc2ccco2)Cc2ccco2)c1. The van der Waals surface area contributed by atoms with E-state index in [-0.39, 0.29) is 5.91 Å². The molecule has 0 atom stereocenters. The van der Waals surface area contributed by atoms with Gasteiger partial charge in [0.15, 0.2) is 0 Å². The van der Waals surface area contributed by atoms with Crippen molar-refractivity contribution in [3.8, 4) is 0 Å². The number of primary amides is 1. The second kappa shape index (κ2) is 7.39. The fourth-order valence-electron chi connectivity index (χ4n) is 2.44. The van der Waals surface area contributed by atoms with Crippen LogP contribution in [-0.4, -0.2) is 16.8 Å². The number of hydrogen-bond donors (Lipinski definition) is 2. The van der Waals surface area contributed by atoms with E-state index in [2.05, 4.69) is 5.32 Å². The van der Waals surface area contributed by atoms with E-state index in [9.17, 15) is 9.59 Å². The lowest BCUT2D eigenvalue weighted by Gasteiger charge is -2.21. The van der Waals surface area contributed by atoms with Crippen LogP contribution in [0, 0.1) is 0 Å². The number of anilines is 1. The van der Waals surface area contributed by atoms with E-state index in [4.69, 9.17) is 14.6 Å². The third-order valence-electron chi connectivity index (χ3n) is 3.52. The standard InChI is InChI=1S/C18H17N3O4/c19-18(23)20-14-5-1-4-13(10-14)17(22)21(11-15-6-2-8-24-15)12-16-7-3-9-25-16/h1-10H,11-12H2,(H3,19,20,23). The van der Waals surface area contributed by atoms with Crippen LogP contribution in [0.2, 0.25) is 0 Å². The smallest absolute Gasteiger partial charge is 0.316 e. The Morgan fingerprint density at radius 1 is 0.960 bits per heavy atom. The van der Waals surface area contributed by atoms with E-state index in [0.29, 0.717) is 35.9 Å². The van der Waals surface area contributed by atoms with Gasteiger partial charge in [0.1, 0.15) is 11.5 Å². The summed E-state index contributed by atoms with van der Waals surface area (Å²) in [6.07, 6.45) is 3.12. The van der Waals surface area contributed by atoms with Crippen molar-refractivity contribution in [1.82, 2.24) is 4.90 Å². The molecular weight excluding hydrogens is 322 g/mol. The van der Waals surface area contributed by atoms with Gasteiger partial charge >= 0.3 is 6.03 Å². The van der Waals surface area contributed by atoms with Crippen LogP contribution < -0.4 is 11.1 Å². The quantitative estimate of drug-likeness (QED) is 0.720. The molecule has 0 saturated heterocycles. The second-order valence-corrected chi connectivity index (χ2v) is 5.39. The molecule has 25 heavy (non-hydrogen) atoms. The number of nitrogens with one attached hydrogen (secondary N) is 1. The van der Waals surface area contributed by atoms with Gasteiger partial charge < -0.3 is 24.8 Å². The van der Waals surface area contributed by atoms with Gasteiger partial charge in [0.25, 0.3) is 5.91 Å². The first-order valence-corrected chi connectivity index (χ1v) is 7.62. The van der Waals surface area contributed by atoms with Crippen LogP contribution >= 0.6 is 0 Å². The Morgan fingerprint density at radius 3 is 2.12 bits per heavy atom. The number of carbonyl (C=O) groups excluding carboxylic acids is 2. The zero-order valence-corrected chi connectivity index (χ0v) is 13.3. The van der Waals surface area contributed by atoms with Gasteiger partial charge in [-0.25, -0.2) is 4.79 Å². The van der Waals surface area contributed by atoms with Crippen LogP contribution in [0.15, 0.2) is 69.9 Å². The highest BCUT2D eigenvalue weighted by Gasteiger charge is 2.19. The normalized spacial score (nSPS) is 10.4. The zero-order chi connectivity index (χ0) is 17.6. The molecule has 3 N–H and O–H groups in total. The maximum absolute atomic E-state index is 12.9. The van der Waals surface area contributed by atoms with E-state index < -0.39 is 6.03 Å². The van der Waals surface area contributed by atoms with E-state index in [1.807, 2.05) is 0 Å². The molecule has 0 bridgehead atoms. The number of hydrogen-bond acceptors (Lipinski definition) is 4. The van der Waals surface area contributed by atoms with E-state index in [1.54, 1.807) is 66.0 Å². The molecule has 0 radical (unpaired) electrons. The average Bonchev–Trinajstić information content (AvgIpc) is 3.27. The predicted molar refractivity (Wildman–Crippen MR) is 90.6 cm³/mol. The fraction of sp³-hybridized carbons (Fsp3) is 0.111. The largest absolute Gasteiger partial charge is 0.467 e. The Hall–Kier alpha value is -3.48. The molecule has 7 nitrogen and oxygen atoms in total. The molecule has 3 amide bonds. The molecular formula is C18H17N3O4. The molecule has 2 aromatic heterocycles. The van der Waals surface area contributed by atoms with Crippen molar-refractivity contribution in [2.45, 2.75) is 13.1 Å². The second-order valence-electron chi connectivity index (χ2n) is 5.39. The summed E-state index contributed by atoms with van der Waals surface area (Å²) in [4.78, 5) is 25.5. The fourth-order valence-corrected chi connectivity index (χ4v) is 2.44. The summed E-state index contributed by atoms with van der Waals surface area (Å²) in [5, 5.41) is 2.46. The highest BCUT2D eigenvalue weighted by molar-refractivity contribution is 5.96. The molecule has 2 heterocycles. The minimum absolute atomic E-state index is 0.221. The molecule has 7 heteroatoms. The molecule has 0 unspecified atom stereocenters.